The van der Waals surface area contributed by atoms with Crippen LogP contribution >= 0.6 is 25.3 Å². The topological polar surface area (TPSA) is 89.7 Å². The summed E-state index contributed by atoms with van der Waals surface area (Å²) in [6.07, 6.45) is 0.366. The van der Waals surface area contributed by atoms with Crippen LogP contribution in [0, 0.1) is 10.1 Å². The number of rotatable bonds is 6. The van der Waals surface area contributed by atoms with Gasteiger partial charge >= 0.3 is 5.97 Å². The van der Waals surface area contributed by atoms with Gasteiger partial charge in [-0.3, -0.25) is 0 Å². The molecule has 0 aliphatic heterocycles. The predicted octanol–water partition coefficient (Wildman–Crippen LogP) is 1.72. The lowest BCUT2D eigenvalue weighted by atomic mass is 10.1. The van der Waals surface area contributed by atoms with Crippen LogP contribution < -0.4 is 0 Å². The van der Waals surface area contributed by atoms with Gasteiger partial charge in [0.15, 0.2) is 0 Å². The number of carboxylic acids is 1. The number of hydrogen-bond acceptors (Lipinski definition) is 6. The summed E-state index contributed by atoms with van der Waals surface area (Å²) in [5.74, 6) is -1.07. The summed E-state index contributed by atoms with van der Waals surface area (Å²) in [7, 11) is 0. The second-order valence-corrected chi connectivity index (χ2v) is 4.75. The van der Waals surface area contributed by atoms with E-state index in [4.69, 9.17) is 5.11 Å². The molecule has 0 saturated carbocycles. The molecule has 8 heteroatoms. The van der Waals surface area contributed by atoms with E-state index in [1.165, 1.54) is 6.07 Å². The van der Waals surface area contributed by atoms with Crippen LogP contribution in [0.3, 0.4) is 0 Å². The van der Waals surface area contributed by atoms with Crippen LogP contribution in [0.15, 0.2) is 23.1 Å². The minimum absolute atomic E-state index is 0.0894. The van der Waals surface area contributed by atoms with E-state index in [0.29, 0.717) is 16.9 Å². The highest BCUT2D eigenvalue weighted by atomic mass is 32.1. The molecule has 0 amide bonds. The van der Waals surface area contributed by atoms with Gasteiger partial charge < -0.3 is 9.94 Å². The molecular weight excluding hydrogens is 278 g/mol. The van der Waals surface area contributed by atoms with Crippen molar-refractivity contribution in [3.63, 3.8) is 0 Å². The van der Waals surface area contributed by atoms with Crippen molar-refractivity contribution in [2.24, 2.45) is 0 Å². The lowest BCUT2D eigenvalue weighted by molar-refractivity contribution is -0.757. The van der Waals surface area contributed by atoms with Crippen molar-refractivity contribution in [3.8, 4) is 0 Å². The predicted molar refractivity (Wildman–Crippen MR) is 70.1 cm³/mol. The highest BCUT2D eigenvalue weighted by Gasteiger charge is 2.12. The van der Waals surface area contributed by atoms with E-state index in [1.54, 1.807) is 12.1 Å². The van der Waals surface area contributed by atoms with E-state index < -0.39 is 11.1 Å². The molecule has 0 spiro atoms. The standard InChI is InChI=1S/C10H11NO5S2/c12-10(13)8-4-6(1-2-9(8)18)3-7(17)5-16-11(14)15/h1-2,4,7,17-18H,3,5H2,(H,12,13). The Labute approximate surface area is 114 Å². The summed E-state index contributed by atoms with van der Waals surface area (Å²) >= 11 is 8.16. The van der Waals surface area contributed by atoms with Crippen LogP contribution in [0.1, 0.15) is 15.9 Å². The van der Waals surface area contributed by atoms with E-state index in [9.17, 15) is 14.9 Å². The number of carbonyl (C=O) groups is 1. The fourth-order valence-corrected chi connectivity index (χ4v) is 1.87. The molecule has 0 heterocycles. The Morgan fingerprint density at radius 1 is 1.56 bits per heavy atom. The van der Waals surface area contributed by atoms with Crippen molar-refractivity contribution in [3.05, 3.63) is 39.4 Å². The molecule has 0 saturated heterocycles. The van der Waals surface area contributed by atoms with Gasteiger partial charge in [-0.1, -0.05) is 6.07 Å². The minimum atomic E-state index is -1.07. The highest BCUT2D eigenvalue weighted by molar-refractivity contribution is 7.81. The maximum Gasteiger partial charge on any atom is 0.336 e. The van der Waals surface area contributed by atoms with Gasteiger partial charge in [-0.15, -0.1) is 22.7 Å². The first-order valence-electron chi connectivity index (χ1n) is 4.90. The SMILES string of the molecule is O=C(O)c1cc(CC(S)CO[N+](=O)[O-])ccc1S. The Hall–Kier alpha value is -1.41. The van der Waals surface area contributed by atoms with Crippen molar-refractivity contribution >= 4 is 31.2 Å². The quantitative estimate of drug-likeness (QED) is 0.421. The van der Waals surface area contributed by atoms with Gasteiger partial charge in [0.1, 0.15) is 6.61 Å². The van der Waals surface area contributed by atoms with Crippen LogP contribution in [-0.4, -0.2) is 28.0 Å². The van der Waals surface area contributed by atoms with Crippen LogP contribution in [0.4, 0.5) is 0 Å². The van der Waals surface area contributed by atoms with Crippen molar-refractivity contribution < 1.29 is 19.8 Å². The summed E-state index contributed by atoms with van der Waals surface area (Å²) in [6.45, 7) is -0.152. The molecule has 0 bridgehead atoms. The first-order valence-corrected chi connectivity index (χ1v) is 5.87. The van der Waals surface area contributed by atoms with Crippen molar-refractivity contribution in [2.45, 2.75) is 16.6 Å². The van der Waals surface area contributed by atoms with Crippen molar-refractivity contribution in [1.29, 1.82) is 0 Å². The molecular formula is C10H11NO5S2. The molecule has 6 nitrogen and oxygen atoms in total. The summed E-state index contributed by atoms with van der Waals surface area (Å²) in [5.41, 5.74) is 0.795. The summed E-state index contributed by atoms with van der Waals surface area (Å²) in [4.78, 5) is 25.5. The first kappa shape index (κ1) is 14.7. The van der Waals surface area contributed by atoms with Crippen LogP contribution in [0.25, 0.3) is 0 Å². The third-order valence-corrected chi connectivity index (χ3v) is 2.86. The van der Waals surface area contributed by atoms with Gasteiger partial charge in [0.05, 0.1) is 5.56 Å². The van der Waals surface area contributed by atoms with Gasteiger partial charge in [0, 0.05) is 10.1 Å². The van der Waals surface area contributed by atoms with Gasteiger partial charge in [0.25, 0.3) is 5.09 Å². The van der Waals surface area contributed by atoms with E-state index >= 15 is 0 Å². The van der Waals surface area contributed by atoms with Gasteiger partial charge in [-0.2, -0.15) is 12.6 Å². The molecule has 18 heavy (non-hydrogen) atoms. The number of hydrogen-bond donors (Lipinski definition) is 3. The zero-order valence-corrected chi connectivity index (χ0v) is 10.9. The molecule has 1 unspecified atom stereocenters. The smallest absolute Gasteiger partial charge is 0.336 e. The minimum Gasteiger partial charge on any atom is -0.478 e. The molecule has 98 valence electrons. The maximum atomic E-state index is 10.9. The Bertz CT molecular complexity index is 466. The second-order valence-electron chi connectivity index (χ2n) is 3.53. The number of aromatic carboxylic acids is 1. The summed E-state index contributed by atoms with van der Waals surface area (Å²) < 4.78 is 0. The van der Waals surface area contributed by atoms with E-state index in [2.05, 4.69) is 30.1 Å². The second kappa shape index (κ2) is 6.50. The molecule has 1 N–H and O–H groups in total. The Kier molecular flexibility index (Phi) is 5.29. The average molecular weight is 289 g/mol. The molecule has 0 aromatic heterocycles. The fourth-order valence-electron chi connectivity index (χ4n) is 1.36. The third-order valence-electron chi connectivity index (χ3n) is 2.14. The highest BCUT2D eigenvalue weighted by Crippen LogP contribution is 2.18. The van der Waals surface area contributed by atoms with Crippen LogP contribution in [-0.2, 0) is 11.3 Å². The molecule has 1 aromatic carbocycles. The van der Waals surface area contributed by atoms with Crippen LogP contribution in [0.2, 0.25) is 0 Å². The Morgan fingerprint density at radius 2 is 2.22 bits per heavy atom. The van der Waals surface area contributed by atoms with Gasteiger partial charge in [-0.05, 0) is 24.1 Å². The molecule has 1 rings (SSSR count). The van der Waals surface area contributed by atoms with Gasteiger partial charge in [-0.25, -0.2) is 4.79 Å². The fraction of sp³-hybridized carbons (Fsp3) is 0.300. The molecule has 1 aromatic rings. The average Bonchev–Trinajstić information content (AvgIpc) is 2.28. The summed E-state index contributed by atoms with van der Waals surface area (Å²) in [6, 6.07) is 4.74. The number of benzene rings is 1. The van der Waals surface area contributed by atoms with Crippen LogP contribution in [0.5, 0.6) is 0 Å². The summed E-state index contributed by atoms with van der Waals surface area (Å²) in [5, 5.41) is 17.7. The Balaban J connectivity index is 2.70. The number of nitrogens with zero attached hydrogens (tertiary/aromatic N) is 1. The largest absolute Gasteiger partial charge is 0.478 e. The van der Waals surface area contributed by atoms with E-state index in [-0.39, 0.29) is 17.4 Å². The van der Waals surface area contributed by atoms with Crippen molar-refractivity contribution in [1.82, 2.24) is 0 Å². The molecule has 0 radical (unpaired) electrons. The zero-order valence-electron chi connectivity index (χ0n) is 9.15. The normalized spacial score (nSPS) is 11.9. The lowest BCUT2D eigenvalue weighted by Crippen LogP contribution is -2.15. The first-order chi connectivity index (χ1) is 8.40. The van der Waals surface area contributed by atoms with Gasteiger partial charge in [0.2, 0.25) is 0 Å². The molecule has 1 atom stereocenters. The number of thiol groups is 2. The van der Waals surface area contributed by atoms with E-state index in [0.717, 1.165) is 0 Å². The third kappa shape index (κ3) is 4.46. The Morgan fingerprint density at radius 3 is 2.78 bits per heavy atom. The molecule has 0 fully saturated rings. The van der Waals surface area contributed by atoms with Crippen molar-refractivity contribution in [2.75, 3.05) is 6.61 Å². The molecule has 0 aliphatic carbocycles. The van der Waals surface area contributed by atoms with E-state index in [1.807, 2.05) is 0 Å². The lowest BCUT2D eigenvalue weighted by Gasteiger charge is -2.10. The maximum absolute atomic E-state index is 10.9. The molecule has 0 aliphatic rings. The zero-order chi connectivity index (χ0) is 13.7. The number of carboxylic acid groups (broad SMARTS) is 1. The monoisotopic (exact) mass is 289 g/mol.